The largest absolute Gasteiger partial charge is 0.300 e. The molecule has 1 saturated heterocycles. The van der Waals surface area contributed by atoms with Gasteiger partial charge in [0.2, 0.25) is 0 Å². The van der Waals surface area contributed by atoms with Crippen molar-refractivity contribution in [2.24, 2.45) is 11.8 Å². The summed E-state index contributed by atoms with van der Waals surface area (Å²) in [6.45, 7) is 7.51. The van der Waals surface area contributed by atoms with Crippen LogP contribution < -0.4 is 0 Å². The zero-order valence-electron chi connectivity index (χ0n) is 9.13. The third kappa shape index (κ3) is 2.70. The summed E-state index contributed by atoms with van der Waals surface area (Å²) >= 11 is 0. The van der Waals surface area contributed by atoms with Crippen molar-refractivity contribution >= 4 is 0 Å². The van der Waals surface area contributed by atoms with Gasteiger partial charge >= 0.3 is 0 Å². The van der Waals surface area contributed by atoms with Crippen LogP contribution in [0.25, 0.3) is 0 Å². The second kappa shape index (κ2) is 4.00. The van der Waals surface area contributed by atoms with Crippen LogP contribution in [-0.4, -0.2) is 24.0 Å². The van der Waals surface area contributed by atoms with Gasteiger partial charge in [0.15, 0.2) is 0 Å². The highest BCUT2D eigenvalue weighted by Crippen LogP contribution is 2.33. The first-order valence-electron chi connectivity index (χ1n) is 5.99. The van der Waals surface area contributed by atoms with Crippen LogP contribution in [0.15, 0.2) is 0 Å². The highest BCUT2D eigenvalue weighted by atomic mass is 15.2. The molecule has 2 aliphatic rings. The molecule has 0 aromatic heterocycles. The Morgan fingerprint density at radius 3 is 2.62 bits per heavy atom. The van der Waals surface area contributed by atoms with Crippen molar-refractivity contribution in [1.82, 2.24) is 4.90 Å². The molecule has 0 amide bonds. The lowest BCUT2D eigenvalue weighted by Crippen LogP contribution is -2.32. The van der Waals surface area contributed by atoms with E-state index in [1.54, 1.807) is 0 Å². The lowest BCUT2D eigenvalue weighted by atomic mass is 10.0. The van der Waals surface area contributed by atoms with Crippen molar-refractivity contribution in [1.29, 1.82) is 0 Å². The molecule has 1 heterocycles. The van der Waals surface area contributed by atoms with Gasteiger partial charge in [0.1, 0.15) is 0 Å². The average molecular weight is 181 g/mol. The van der Waals surface area contributed by atoms with E-state index in [2.05, 4.69) is 18.7 Å². The van der Waals surface area contributed by atoms with E-state index in [0.717, 1.165) is 17.9 Å². The number of likely N-dealkylation sites (tertiary alicyclic amines) is 1. The summed E-state index contributed by atoms with van der Waals surface area (Å²) in [5.41, 5.74) is 0. The molecule has 1 atom stereocenters. The van der Waals surface area contributed by atoms with Gasteiger partial charge in [-0.05, 0) is 50.5 Å². The fraction of sp³-hybridized carbons (Fsp3) is 1.00. The van der Waals surface area contributed by atoms with Crippen LogP contribution >= 0.6 is 0 Å². The smallest absolute Gasteiger partial charge is 0.00982 e. The molecule has 1 aliphatic heterocycles. The lowest BCUT2D eigenvalue weighted by Gasteiger charge is -2.25. The molecular weight excluding hydrogens is 158 g/mol. The summed E-state index contributed by atoms with van der Waals surface area (Å²) in [4.78, 5) is 2.76. The van der Waals surface area contributed by atoms with Gasteiger partial charge in [-0.25, -0.2) is 0 Å². The zero-order valence-corrected chi connectivity index (χ0v) is 9.13. The Balaban J connectivity index is 1.78. The second-order valence-electron chi connectivity index (χ2n) is 5.36. The van der Waals surface area contributed by atoms with Crippen LogP contribution in [0.3, 0.4) is 0 Å². The summed E-state index contributed by atoms with van der Waals surface area (Å²) < 4.78 is 0. The highest BCUT2D eigenvalue weighted by molar-refractivity contribution is 4.85. The van der Waals surface area contributed by atoms with Crippen molar-refractivity contribution in [2.75, 3.05) is 13.1 Å². The van der Waals surface area contributed by atoms with Gasteiger partial charge in [-0.15, -0.1) is 0 Å². The Morgan fingerprint density at radius 1 is 1.23 bits per heavy atom. The SMILES string of the molecule is CC(C)CC1CCCN1CC1CC1. The first-order chi connectivity index (χ1) is 6.25. The molecule has 0 spiro atoms. The van der Waals surface area contributed by atoms with Gasteiger partial charge in [-0.1, -0.05) is 13.8 Å². The van der Waals surface area contributed by atoms with E-state index in [1.165, 1.54) is 45.2 Å². The minimum absolute atomic E-state index is 0.879. The van der Waals surface area contributed by atoms with Gasteiger partial charge in [0.05, 0.1) is 0 Å². The first-order valence-corrected chi connectivity index (χ1v) is 5.99. The van der Waals surface area contributed by atoms with E-state index in [4.69, 9.17) is 0 Å². The van der Waals surface area contributed by atoms with Crippen LogP contribution in [0.1, 0.15) is 46.0 Å². The molecule has 1 aliphatic carbocycles. The number of hydrogen-bond donors (Lipinski definition) is 0. The lowest BCUT2D eigenvalue weighted by molar-refractivity contribution is 0.218. The summed E-state index contributed by atoms with van der Waals surface area (Å²) in [5, 5.41) is 0. The van der Waals surface area contributed by atoms with Gasteiger partial charge in [0, 0.05) is 12.6 Å². The topological polar surface area (TPSA) is 3.24 Å². The van der Waals surface area contributed by atoms with E-state index in [9.17, 15) is 0 Å². The zero-order chi connectivity index (χ0) is 9.26. The monoisotopic (exact) mass is 181 g/mol. The first kappa shape index (κ1) is 9.51. The maximum atomic E-state index is 2.76. The van der Waals surface area contributed by atoms with Crippen LogP contribution in [0.5, 0.6) is 0 Å². The molecule has 0 bridgehead atoms. The molecule has 13 heavy (non-hydrogen) atoms. The van der Waals surface area contributed by atoms with E-state index >= 15 is 0 Å². The van der Waals surface area contributed by atoms with Crippen molar-refractivity contribution < 1.29 is 0 Å². The number of hydrogen-bond acceptors (Lipinski definition) is 1. The Kier molecular flexibility index (Phi) is 2.92. The van der Waals surface area contributed by atoms with Crippen molar-refractivity contribution in [3.8, 4) is 0 Å². The van der Waals surface area contributed by atoms with Gasteiger partial charge in [-0.2, -0.15) is 0 Å². The van der Waals surface area contributed by atoms with Crippen LogP contribution in [-0.2, 0) is 0 Å². The van der Waals surface area contributed by atoms with Crippen LogP contribution in [0, 0.1) is 11.8 Å². The Morgan fingerprint density at radius 2 is 2.00 bits per heavy atom. The molecule has 1 nitrogen and oxygen atoms in total. The predicted octanol–water partition coefficient (Wildman–Crippen LogP) is 2.91. The van der Waals surface area contributed by atoms with E-state index in [-0.39, 0.29) is 0 Å². The molecule has 1 unspecified atom stereocenters. The number of nitrogens with zero attached hydrogens (tertiary/aromatic N) is 1. The summed E-state index contributed by atoms with van der Waals surface area (Å²) in [6, 6.07) is 0.931. The molecule has 2 rings (SSSR count). The third-order valence-corrected chi connectivity index (χ3v) is 3.43. The molecular formula is C12H23N. The Bertz CT molecular complexity index is 151. The normalized spacial score (nSPS) is 30.2. The van der Waals surface area contributed by atoms with Gasteiger partial charge in [0.25, 0.3) is 0 Å². The maximum Gasteiger partial charge on any atom is 0.00982 e. The fourth-order valence-corrected chi connectivity index (χ4v) is 2.58. The summed E-state index contributed by atoms with van der Waals surface area (Å²) in [7, 11) is 0. The fourth-order valence-electron chi connectivity index (χ4n) is 2.58. The minimum atomic E-state index is 0.879. The van der Waals surface area contributed by atoms with E-state index in [0.29, 0.717) is 0 Å². The van der Waals surface area contributed by atoms with Crippen molar-refractivity contribution in [3.63, 3.8) is 0 Å². The van der Waals surface area contributed by atoms with Gasteiger partial charge in [-0.3, -0.25) is 0 Å². The molecule has 0 N–H and O–H groups in total. The summed E-state index contributed by atoms with van der Waals surface area (Å²) in [6.07, 6.45) is 7.34. The minimum Gasteiger partial charge on any atom is -0.300 e. The standard InChI is InChI=1S/C12H23N/c1-10(2)8-12-4-3-7-13(12)9-11-5-6-11/h10-12H,3-9H2,1-2H3. The van der Waals surface area contributed by atoms with Gasteiger partial charge < -0.3 is 4.90 Å². The molecule has 1 saturated carbocycles. The van der Waals surface area contributed by atoms with Crippen LogP contribution in [0.2, 0.25) is 0 Å². The molecule has 1 heteroatoms. The third-order valence-electron chi connectivity index (χ3n) is 3.43. The Hall–Kier alpha value is -0.0400. The predicted molar refractivity (Wildman–Crippen MR) is 56.8 cm³/mol. The quantitative estimate of drug-likeness (QED) is 0.644. The van der Waals surface area contributed by atoms with E-state index < -0.39 is 0 Å². The maximum absolute atomic E-state index is 2.76. The Labute approximate surface area is 82.5 Å². The van der Waals surface area contributed by atoms with Crippen LogP contribution in [0.4, 0.5) is 0 Å². The molecule has 0 aromatic rings. The number of rotatable bonds is 4. The van der Waals surface area contributed by atoms with Crippen molar-refractivity contribution in [2.45, 2.75) is 52.0 Å². The second-order valence-corrected chi connectivity index (χ2v) is 5.36. The highest BCUT2D eigenvalue weighted by Gasteiger charge is 2.30. The molecule has 2 fully saturated rings. The van der Waals surface area contributed by atoms with E-state index in [1.807, 2.05) is 0 Å². The molecule has 0 radical (unpaired) electrons. The average Bonchev–Trinajstić information content (AvgIpc) is 2.75. The molecule has 76 valence electrons. The molecule has 0 aromatic carbocycles. The van der Waals surface area contributed by atoms with Crippen molar-refractivity contribution in [3.05, 3.63) is 0 Å². The summed E-state index contributed by atoms with van der Waals surface area (Å²) in [5.74, 6) is 1.96.